The number of amides is 1. The van der Waals surface area contributed by atoms with E-state index in [9.17, 15) is 4.79 Å². The quantitative estimate of drug-likeness (QED) is 0.767. The van der Waals surface area contributed by atoms with Gasteiger partial charge in [0, 0.05) is 18.5 Å². The van der Waals surface area contributed by atoms with Gasteiger partial charge in [-0.05, 0) is 38.1 Å². The summed E-state index contributed by atoms with van der Waals surface area (Å²) in [7, 11) is 0. The molecule has 0 aliphatic carbocycles. The van der Waals surface area contributed by atoms with Gasteiger partial charge in [0.05, 0.1) is 0 Å². The van der Waals surface area contributed by atoms with Gasteiger partial charge < -0.3 is 10.6 Å². The van der Waals surface area contributed by atoms with Crippen LogP contribution in [0.25, 0.3) is 0 Å². The third kappa shape index (κ3) is 4.12. The van der Waals surface area contributed by atoms with Gasteiger partial charge in [-0.1, -0.05) is 20.8 Å². The van der Waals surface area contributed by atoms with Crippen molar-refractivity contribution in [3.8, 4) is 0 Å². The highest BCUT2D eigenvalue weighted by Crippen LogP contribution is 2.16. The third-order valence-corrected chi connectivity index (χ3v) is 3.73. The lowest BCUT2D eigenvalue weighted by molar-refractivity contribution is -0.126. The van der Waals surface area contributed by atoms with Crippen LogP contribution in [0, 0.1) is 17.8 Å². The van der Waals surface area contributed by atoms with Crippen LogP contribution >= 0.6 is 0 Å². The lowest BCUT2D eigenvalue weighted by atomic mass is 9.92. The zero-order valence-corrected chi connectivity index (χ0v) is 11.0. The topological polar surface area (TPSA) is 41.1 Å². The molecular weight excluding hydrogens is 200 g/mol. The van der Waals surface area contributed by atoms with Gasteiger partial charge in [0.15, 0.2) is 0 Å². The van der Waals surface area contributed by atoms with Crippen LogP contribution in [0.5, 0.6) is 0 Å². The number of nitrogens with one attached hydrogen (secondary N) is 2. The number of carbonyl (C=O) groups excluding carboxylic acids is 1. The molecule has 1 heterocycles. The maximum Gasteiger partial charge on any atom is 0.223 e. The molecular formula is C13H26N2O. The molecule has 3 atom stereocenters. The molecule has 94 valence electrons. The van der Waals surface area contributed by atoms with Gasteiger partial charge in [-0.25, -0.2) is 0 Å². The fourth-order valence-electron chi connectivity index (χ4n) is 2.01. The fourth-order valence-corrected chi connectivity index (χ4v) is 2.01. The summed E-state index contributed by atoms with van der Waals surface area (Å²) in [4.78, 5) is 11.9. The number of carbonyl (C=O) groups is 1. The van der Waals surface area contributed by atoms with Crippen LogP contribution in [-0.2, 0) is 4.79 Å². The smallest absolute Gasteiger partial charge is 0.223 e. The summed E-state index contributed by atoms with van der Waals surface area (Å²) >= 11 is 0. The van der Waals surface area contributed by atoms with Crippen LogP contribution in [0.4, 0.5) is 0 Å². The third-order valence-electron chi connectivity index (χ3n) is 3.73. The van der Waals surface area contributed by atoms with E-state index in [-0.39, 0.29) is 11.8 Å². The second kappa shape index (κ2) is 6.24. The van der Waals surface area contributed by atoms with Gasteiger partial charge in [-0.2, -0.15) is 0 Å². The summed E-state index contributed by atoms with van der Waals surface area (Å²) in [5.74, 6) is 1.66. The number of hydrogen-bond donors (Lipinski definition) is 2. The van der Waals surface area contributed by atoms with E-state index in [1.807, 2.05) is 0 Å². The minimum Gasteiger partial charge on any atom is -0.356 e. The highest BCUT2D eigenvalue weighted by atomic mass is 16.1. The van der Waals surface area contributed by atoms with Gasteiger partial charge in [-0.3, -0.25) is 4.79 Å². The number of hydrogen-bond acceptors (Lipinski definition) is 2. The molecule has 2 N–H and O–H groups in total. The fraction of sp³-hybridized carbons (Fsp3) is 0.923. The van der Waals surface area contributed by atoms with Crippen molar-refractivity contribution >= 4 is 5.91 Å². The molecule has 3 unspecified atom stereocenters. The van der Waals surface area contributed by atoms with E-state index in [4.69, 9.17) is 0 Å². The van der Waals surface area contributed by atoms with E-state index >= 15 is 0 Å². The Balaban J connectivity index is 2.29. The van der Waals surface area contributed by atoms with Crippen LogP contribution in [0.3, 0.4) is 0 Å². The maximum absolute atomic E-state index is 11.9. The molecule has 3 nitrogen and oxygen atoms in total. The molecule has 3 heteroatoms. The van der Waals surface area contributed by atoms with Crippen LogP contribution in [0.15, 0.2) is 0 Å². The Kier molecular flexibility index (Phi) is 5.26. The standard InChI is InChI=1S/C13H26N2O/c1-9(2)10(3)8-15-13(16)12-5-6-14-11(4)7-12/h9-12,14H,5-8H2,1-4H3,(H,15,16). The lowest BCUT2D eigenvalue weighted by Crippen LogP contribution is -2.43. The van der Waals surface area contributed by atoms with E-state index < -0.39 is 0 Å². The molecule has 1 aliphatic rings. The molecule has 0 bridgehead atoms. The summed E-state index contributed by atoms with van der Waals surface area (Å²) in [6.45, 7) is 10.5. The van der Waals surface area contributed by atoms with Crippen molar-refractivity contribution in [1.82, 2.24) is 10.6 Å². The average Bonchev–Trinajstić information content (AvgIpc) is 2.25. The number of rotatable bonds is 4. The molecule has 16 heavy (non-hydrogen) atoms. The van der Waals surface area contributed by atoms with E-state index in [0.29, 0.717) is 17.9 Å². The Morgan fingerprint density at radius 3 is 2.69 bits per heavy atom. The second-order valence-electron chi connectivity index (χ2n) is 5.54. The first-order chi connectivity index (χ1) is 7.50. The molecule has 0 saturated carbocycles. The normalized spacial score (nSPS) is 27.8. The zero-order chi connectivity index (χ0) is 12.1. The number of piperidine rings is 1. The van der Waals surface area contributed by atoms with Gasteiger partial charge in [0.1, 0.15) is 0 Å². The molecule has 1 rings (SSSR count). The first kappa shape index (κ1) is 13.5. The molecule has 0 aromatic carbocycles. The second-order valence-corrected chi connectivity index (χ2v) is 5.54. The van der Waals surface area contributed by atoms with Gasteiger partial charge in [0.25, 0.3) is 0 Å². The Bertz CT molecular complexity index is 228. The molecule has 1 amide bonds. The van der Waals surface area contributed by atoms with Crippen molar-refractivity contribution < 1.29 is 4.79 Å². The lowest BCUT2D eigenvalue weighted by Gasteiger charge is -2.27. The van der Waals surface area contributed by atoms with Crippen molar-refractivity contribution in [1.29, 1.82) is 0 Å². The Hall–Kier alpha value is -0.570. The highest BCUT2D eigenvalue weighted by Gasteiger charge is 2.24. The molecule has 0 radical (unpaired) electrons. The van der Waals surface area contributed by atoms with Crippen molar-refractivity contribution in [2.24, 2.45) is 17.8 Å². The molecule has 0 aromatic heterocycles. The van der Waals surface area contributed by atoms with Crippen LogP contribution in [0.1, 0.15) is 40.5 Å². The monoisotopic (exact) mass is 226 g/mol. The molecule has 1 fully saturated rings. The minimum atomic E-state index is 0.218. The van der Waals surface area contributed by atoms with E-state index in [1.54, 1.807) is 0 Å². The average molecular weight is 226 g/mol. The molecule has 0 aromatic rings. The minimum absolute atomic E-state index is 0.218. The SMILES string of the molecule is CC1CC(C(=O)NCC(C)C(C)C)CCN1. The van der Waals surface area contributed by atoms with Crippen molar-refractivity contribution in [2.75, 3.05) is 13.1 Å². The molecule has 1 aliphatic heterocycles. The van der Waals surface area contributed by atoms with Crippen molar-refractivity contribution in [2.45, 2.75) is 46.6 Å². The predicted octanol–water partition coefficient (Wildman–Crippen LogP) is 1.78. The summed E-state index contributed by atoms with van der Waals surface area (Å²) in [5, 5.41) is 6.46. The summed E-state index contributed by atoms with van der Waals surface area (Å²) in [6.07, 6.45) is 1.95. The van der Waals surface area contributed by atoms with Crippen LogP contribution in [-0.4, -0.2) is 25.0 Å². The van der Waals surface area contributed by atoms with Crippen molar-refractivity contribution in [3.05, 3.63) is 0 Å². The Morgan fingerprint density at radius 2 is 2.12 bits per heavy atom. The summed E-state index contributed by atoms with van der Waals surface area (Å²) in [5.41, 5.74) is 0. The van der Waals surface area contributed by atoms with E-state index in [0.717, 1.165) is 25.9 Å². The van der Waals surface area contributed by atoms with Crippen LogP contribution in [0.2, 0.25) is 0 Å². The van der Waals surface area contributed by atoms with Gasteiger partial charge in [-0.15, -0.1) is 0 Å². The highest BCUT2D eigenvalue weighted by molar-refractivity contribution is 5.78. The van der Waals surface area contributed by atoms with E-state index in [1.165, 1.54) is 0 Å². The first-order valence-electron chi connectivity index (χ1n) is 6.51. The Labute approximate surface area is 99.4 Å². The summed E-state index contributed by atoms with van der Waals surface area (Å²) in [6, 6.07) is 0.479. The zero-order valence-electron chi connectivity index (χ0n) is 11.0. The van der Waals surface area contributed by atoms with E-state index in [2.05, 4.69) is 38.3 Å². The Morgan fingerprint density at radius 1 is 1.44 bits per heavy atom. The molecule has 1 saturated heterocycles. The molecule has 0 spiro atoms. The predicted molar refractivity (Wildman–Crippen MR) is 67.2 cm³/mol. The van der Waals surface area contributed by atoms with Gasteiger partial charge >= 0.3 is 0 Å². The first-order valence-corrected chi connectivity index (χ1v) is 6.51. The largest absolute Gasteiger partial charge is 0.356 e. The van der Waals surface area contributed by atoms with Crippen LogP contribution < -0.4 is 10.6 Å². The maximum atomic E-state index is 11.9. The summed E-state index contributed by atoms with van der Waals surface area (Å²) < 4.78 is 0. The van der Waals surface area contributed by atoms with Gasteiger partial charge in [0.2, 0.25) is 5.91 Å². The van der Waals surface area contributed by atoms with Crippen molar-refractivity contribution in [3.63, 3.8) is 0 Å².